The molecular formula is C24H35N5O3. The Morgan fingerprint density at radius 2 is 1.88 bits per heavy atom. The summed E-state index contributed by atoms with van der Waals surface area (Å²) in [6.07, 6.45) is 4.24. The second-order valence-electron chi connectivity index (χ2n) is 8.86. The summed E-state index contributed by atoms with van der Waals surface area (Å²) in [5.74, 6) is 1.38. The van der Waals surface area contributed by atoms with Crippen LogP contribution in [-0.4, -0.2) is 91.3 Å². The predicted molar refractivity (Wildman–Crippen MR) is 125 cm³/mol. The standard InChI is InChI=1S/C24H35N5O3/c1-24(2)18-29(12-10-27-24)23(30)20-16-25-22(26-17-20)19-6-8-21(9-7-19)32-15-13-28(3)11-5-14-31-4/h6-9,16-17,27H,5,10-15,18H2,1-4H3. The molecule has 0 bridgehead atoms. The normalized spacial score (nSPS) is 15.7. The van der Waals surface area contributed by atoms with Gasteiger partial charge in [-0.3, -0.25) is 4.79 Å². The number of nitrogens with zero attached hydrogens (tertiary/aromatic N) is 4. The van der Waals surface area contributed by atoms with Gasteiger partial charge in [0.2, 0.25) is 0 Å². The van der Waals surface area contributed by atoms with Gasteiger partial charge in [-0.15, -0.1) is 0 Å². The number of hydrogen-bond acceptors (Lipinski definition) is 7. The minimum atomic E-state index is -0.0854. The van der Waals surface area contributed by atoms with Crippen LogP contribution in [0, 0.1) is 0 Å². The Morgan fingerprint density at radius 1 is 1.16 bits per heavy atom. The monoisotopic (exact) mass is 441 g/mol. The highest BCUT2D eigenvalue weighted by Gasteiger charge is 2.29. The van der Waals surface area contributed by atoms with Crippen molar-refractivity contribution in [3.05, 3.63) is 42.2 Å². The molecule has 1 aromatic heterocycles. The van der Waals surface area contributed by atoms with Crippen molar-refractivity contribution in [1.82, 2.24) is 25.1 Å². The molecule has 1 aliphatic rings. The molecule has 32 heavy (non-hydrogen) atoms. The number of ether oxygens (including phenoxy) is 2. The average Bonchev–Trinajstić information content (AvgIpc) is 2.79. The molecule has 174 valence electrons. The molecule has 0 spiro atoms. The quantitative estimate of drug-likeness (QED) is 0.567. The Labute approximate surface area is 190 Å². The van der Waals surface area contributed by atoms with Gasteiger partial charge in [0.25, 0.3) is 5.91 Å². The van der Waals surface area contributed by atoms with Crippen LogP contribution in [0.1, 0.15) is 30.6 Å². The zero-order valence-electron chi connectivity index (χ0n) is 19.6. The second kappa shape index (κ2) is 11.4. The maximum atomic E-state index is 12.8. The molecule has 1 saturated heterocycles. The van der Waals surface area contributed by atoms with Crippen molar-refractivity contribution in [3.8, 4) is 17.1 Å². The molecule has 0 unspecified atom stereocenters. The molecule has 2 heterocycles. The van der Waals surface area contributed by atoms with E-state index in [1.54, 1.807) is 19.5 Å². The smallest absolute Gasteiger partial charge is 0.257 e. The first-order valence-electron chi connectivity index (χ1n) is 11.1. The molecule has 1 amide bonds. The van der Waals surface area contributed by atoms with Gasteiger partial charge < -0.3 is 24.6 Å². The van der Waals surface area contributed by atoms with E-state index in [-0.39, 0.29) is 11.4 Å². The summed E-state index contributed by atoms with van der Waals surface area (Å²) in [6, 6.07) is 7.72. The number of piperazine rings is 1. The largest absolute Gasteiger partial charge is 0.492 e. The van der Waals surface area contributed by atoms with Crippen LogP contribution in [0.2, 0.25) is 0 Å². The molecule has 1 aliphatic heterocycles. The molecule has 1 aromatic carbocycles. The van der Waals surface area contributed by atoms with Crippen LogP contribution in [0.25, 0.3) is 11.4 Å². The summed E-state index contributed by atoms with van der Waals surface area (Å²) in [5.41, 5.74) is 1.31. The van der Waals surface area contributed by atoms with Crippen molar-refractivity contribution in [2.24, 2.45) is 0 Å². The molecule has 1 fully saturated rings. The van der Waals surface area contributed by atoms with E-state index < -0.39 is 0 Å². The maximum Gasteiger partial charge on any atom is 0.257 e. The van der Waals surface area contributed by atoms with Gasteiger partial charge in [-0.05, 0) is 51.6 Å². The third-order valence-electron chi connectivity index (χ3n) is 5.50. The van der Waals surface area contributed by atoms with E-state index in [0.29, 0.717) is 31.1 Å². The van der Waals surface area contributed by atoms with Gasteiger partial charge in [-0.1, -0.05) is 0 Å². The third kappa shape index (κ3) is 6.98. The van der Waals surface area contributed by atoms with Crippen molar-refractivity contribution in [2.45, 2.75) is 25.8 Å². The highest BCUT2D eigenvalue weighted by atomic mass is 16.5. The fourth-order valence-electron chi connectivity index (χ4n) is 3.70. The lowest BCUT2D eigenvalue weighted by Crippen LogP contribution is -2.58. The molecule has 0 atom stereocenters. The number of methoxy groups -OCH3 is 1. The van der Waals surface area contributed by atoms with E-state index in [4.69, 9.17) is 9.47 Å². The van der Waals surface area contributed by atoms with Crippen LogP contribution in [0.15, 0.2) is 36.7 Å². The molecule has 3 rings (SSSR count). The number of hydrogen-bond donors (Lipinski definition) is 1. The number of nitrogens with one attached hydrogen (secondary N) is 1. The zero-order valence-corrected chi connectivity index (χ0v) is 19.6. The Hall–Kier alpha value is -2.55. The summed E-state index contributed by atoms with van der Waals surface area (Å²) >= 11 is 0. The SMILES string of the molecule is COCCCN(C)CCOc1ccc(-c2ncc(C(=O)N3CCNC(C)(C)C3)cn2)cc1. The van der Waals surface area contributed by atoms with Gasteiger partial charge in [-0.2, -0.15) is 0 Å². The highest BCUT2D eigenvalue weighted by Crippen LogP contribution is 2.20. The zero-order chi connectivity index (χ0) is 23.0. The van der Waals surface area contributed by atoms with Gasteiger partial charge in [0, 0.05) is 69.9 Å². The number of benzene rings is 1. The van der Waals surface area contributed by atoms with Gasteiger partial charge in [0.15, 0.2) is 5.82 Å². The Bertz CT molecular complexity index is 855. The number of aromatic nitrogens is 2. The summed E-state index contributed by atoms with van der Waals surface area (Å²) in [7, 11) is 3.80. The first-order chi connectivity index (χ1) is 15.4. The first kappa shape index (κ1) is 24.1. The molecule has 1 N–H and O–H groups in total. The van der Waals surface area contributed by atoms with Crippen molar-refractivity contribution in [1.29, 1.82) is 0 Å². The van der Waals surface area contributed by atoms with E-state index in [9.17, 15) is 4.79 Å². The summed E-state index contributed by atoms with van der Waals surface area (Å²) in [6.45, 7) is 9.58. The fraction of sp³-hybridized carbons (Fsp3) is 0.542. The minimum Gasteiger partial charge on any atom is -0.492 e. The van der Waals surface area contributed by atoms with Crippen LogP contribution < -0.4 is 10.1 Å². The Morgan fingerprint density at radius 3 is 2.53 bits per heavy atom. The summed E-state index contributed by atoms with van der Waals surface area (Å²) < 4.78 is 10.9. The molecule has 2 aromatic rings. The van der Waals surface area contributed by atoms with Gasteiger partial charge >= 0.3 is 0 Å². The van der Waals surface area contributed by atoms with Crippen molar-refractivity contribution >= 4 is 5.91 Å². The van der Waals surface area contributed by atoms with E-state index in [1.807, 2.05) is 29.2 Å². The lowest BCUT2D eigenvalue weighted by atomic mass is 10.0. The van der Waals surface area contributed by atoms with Crippen molar-refractivity contribution in [2.75, 3.05) is 60.1 Å². The van der Waals surface area contributed by atoms with Crippen LogP contribution in [0.5, 0.6) is 5.75 Å². The van der Waals surface area contributed by atoms with Gasteiger partial charge in [0.05, 0.1) is 5.56 Å². The van der Waals surface area contributed by atoms with Crippen LogP contribution in [-0.2, 0) is 4.74 Å². The summed E-state index contributed by atoms with van der Waals surface area (Å²) in [4.78, 5) is 25.7. The van der Waals surface area contributed by atoms with Crippen LogP contribution >= 0.6 is 0 Å². The first-order valence-corrected chi connectivity index (χ1v) is 11.1. The average molecular weight is 442 g/mol. The number of amides is 1. The number of rotatable bonds is 10. The second-order valence-corrected chi connectivity index (χ2v) is 8.86. The van der Waals surface area contributed by atoms with E-state index in [0.717, 1.165) is 44.0 Å². The fourth-order valence-corrected chi connectivity index (χ4v) is 3.70. The molecule has 8 nitrogen and oxygen atoms in total. The highest BCUT2D eigenvalue weighted by molar-refractivity contribution is 5.94. The Kier molecular flexibility index (Phi) is 8.55. The van der Waals surface area contributed by atoms with Crippen LogP contribution in [0.4, 0.5) is 0 Å². The minimum absolute atomic E-state index is 0.0259. The Balaban J connectivity index is 1.51. The van der Waals surface area contributed by atoms with E-state index in [2.05, 4.69) is 41.1 Å². The van der Waals surface area contributed by atoms with Crippen molar-refractivity contribution in [3.63, 3.8) is 0 Å². The number of carbonyl (C=O) groups is 1. The van der Waals surface area contributed by atoms with Gasteiger partial charge in [-0.25, -0.2) is 9.97 Å². The lowest BCUT2D eigenvalue weighted by Gasteiger charge is -2.39. The molecule has 0 radical (unpaired) electrons. The molecule has 0 aliphatic carbocycles. The number of carbonyl (C=O) groups excluding carboxylic acids is 1. The molecular weight excluding hydrogens is 406 g/mol. The van der Waals surface area contributed by atoms with E-state index in [1.165, 1.54) is 0 Å². The van der Waals surface area contributed by atoms with Crippen molar-refractivity contribution < 1.29 is 14.3 Å². The molecule has 8 heteroatoms. The van der Waals surface area contributed by atoms with Crippen LogP contribution in [0.3, 0.4) is 0 Å². The number of likely N-dealkylation sites (N-methyl/N-ethyl adjacent to an activating group) is 1. The third-order valence-corrected chi connectivity index (χ3v) is 5.50. The summed E-state index contributed by atoms with van der Waals surface area (Å²) in [5, 5.41) is 3.42. The topological polar surface area (TPSA) is 79.8 Å². The lowest BCUT2D eigenvalue weighted by molar-refractivity contribution is 0.0651. The van der Waals surface area contributed by atoms with E-state index >= 15 is 0 Å². The van der Waals surface area contributed by atoms with Gasteiger partial charge in [0.1, 0.15) is 12.4 Å². The molecule has 0 saturated carbocycles. The predicted octanol–water partition coefficient (Wildman–Crippen LogP) is 2.31. The maximum absolute atomic E-state index is 12.8.